The predicted octanol–water partition coefficient (Wildman–Crippen LogP) is 3.57. The fraction of sp³-hybridized carbons (Fsp3) is 0.550. The van der Waals surface area contributed by atoms with Crippen LogP contribution in [0.5, 0.6) is 5.88 Å². The lowest BCUT2D eigenvalue weighted by Gasteiger charge is -2.39. The van der Waals surface area contributed by atoms with E-state index in [0.717, 1.165) is 49.7 Å². The molecule has 4 heterocycles. The fourth-order valence-electron chi connectivity index (χ4n) is 4.15. The minimum Gasteiger partial charge on any atom is -0.480 e. The van der Waals surface area contributed by atoms with Gasteiger partial charge in [-0.1, -0.05) is 23.4 Å². The molecule has 1 spiro atoms. The average Bonchev–Trinajstić information content (AvgIpc) is 3.10. The second kappa shape index (κ2) is 8.63. The molecule has 2 saturated heterocycles. The molecule has 0 amide bonds. The van der Waals surface area contributed by atoms with Crippen LogP contribution in [0.1, 0.15) is 31.9 Å². The molecule has 2 aromatic heterocycles. The van der Waals surface area contributed by atoms with Gasteiger partial charge in [0, 0.05) is 24.2 Å². The first kappa shape index (κ1) is 20.7. The van der Waals surface area contributed by atoms with Gasteiger partial charge in [-0.2, -0.15) is 0 Å². The van der Waals surface area contributed by atoms with Crippen LogP contribution in [0.15, 0.2) is 28.4 Å². The van der Waals surface area contributed by atoms with Crippen molar-refractivity contribution >= 4 is 29.2 Å². The van der Waals surface area contributed by atoms with Crippen molar-refractivity contribution in [2.24, 2.45) is 5.41 Å². The summed E-state index contributed by atoms with van der Waals surface area (Å²) >= 11 is 7.70. The molecule has 7 nitrogen and oxygen atoms in total. The van der Waals surface area contributed by atoms with Crippen molar-refractivity contribution in [3.8, 4) is 5.88 Å². The number of nitrogens with zero attached hydrogens (tertiary/aromatic N) is 4. The highest BCUT2D eigenvalue weighted by Crippen LogP contribution is 2.43. The van der Waals surface area contributed by atoms with Gasteiger partial charge in [0.1, 0.15) is 15.7 Å². The Kier molecular flexibility index (Phi) is 6.15. The van der Waals surface area contributed by atoms with Crippen molar-refractivity contribution in [1.82, 2.24) is 15.0 Å². The number of anilines is 1. The molecule has 0 saturated carbocycles. The summed E-state index contributed by atoms with van der Waals surface area (Å²) in [6.45, 7) is 4.64. The number of halogens is 1. The Labute approximate surface area is 179 Å². The molecular weight excluding hydrogens is 412 g/mol. The number of aliphatic hydroxyl groups is 1. The van der Waals surface area contributed by atoms with Gasteiger partial charge in [0.15, 0.2) is 5.82 Å². The number of methoxy groups -OCH3 is 1. The van der Waals surface area contributed by atoms with E-state index in [2.05, 4.69) is 26.8 Å². The largest absolute Gasteiger partial charge is 0.480 e. The summed E-state index contributed by atoms with van der Waals surface area (Å²) in [7, 11) is 1.53. The topological polar surface area (TPSA) is 80.6 Å². The van der Waals surface area contributed by atoms with E-state index in [-0.39, 0.29) is 6.61 Å². The number of rotatable bonds is 5. The van der Waals surface area contributed by atoms with Crippen molar-refractivity contribution in [3.63, 3.8) is 0 Å². The Morgan fingerprint density at radius 1 is 1.38 bits per heavy atom. The number of piperidine rings is 1. The molecule has 4 rings (SSSR count). The molecule has 2 aromatic rings. The molecule has 0 radical (unpaired) electrons. The van der Waals surface area contributed by atoms with Crippen molar-refractivity contribution in [3.05, 3.63) is 29.2 Å². The van der Waals surface area contributed by atoms with Gasteiger partial charge in [-0.05, 0) is 37.7 Å². The second-order valence-corrected chi connectivity index (χ2v) is 9.12. The van der Waals surface area contributed by atoms with E-state index in [1.165, 1.54) is 18.9 Å². The summed E-state index contributed by atoms with van der Waals surface area (Å²) < 4.78 is 11.0. The zero-order valence-corrected chi connectivity index (χ0v) is 18.2. The molecule has 2 aliphatic heterocycles. The van der Waals surface area contributed by atoms with Gasteiger partial charge in [0.2, 0.25) is 5.88 Å². The van der Waals surface area contributed by atoms with E-state index in [1.807, 2.05) is 0 Å². The van der Waals surface area contributed by atoms with Crippen LogP contribution >= 0.6 is 23.4 Å². The summed E-state index contributed by atoms with van der Waals surface area (Å²) in [6.07, 6.45) is 7.00. The quantitative estimate of drug-likeness (QED) is 0.761. The summed E-state index contributed by atoms with van der Waals surface area (Å²) in [5.41, 5.74) is 0.884. The van der Waals surface area contributed by atoms with E-state index in [9.17, 15) is 5.11 Å². The van der Waals surface area contributed by atoms with E-state index in [0.29, 0.717) is 33.1 Å². The molecule has 2 aliphatic rings. The van der Waals surface area contributed by atoms with E-state index in [1.54, 1.807) is 18.5 Å². The third-order valence-electron chi connectivity index (χ3n) is 5.70. The maximum Gasteiger partial charge on any atom is 0.233 e. The lowest BCUT2D eigenvalue weighted by molar-refractivity contribution is 0.0975. The number of aromatic nitrogens is 3. The summed E-state index contributed by atoms with van der Waals surface area (Å²) in [5, 5.41) is 11.0. The maximum atomic E-state index is 9.90. The highest BCUT2D eigenvalue weighted by atomic mass is 35.5. The molecule has 9 heteroatoms. The third-order valence-corrected chi connectivity index (χ3v) is 7.14. The highest BCUT2D eigenvalue weighted by Gasteiger charge is 2.41. The Bertz CT molecular complexity index is 877. The van der Waals surface area contributed by atoms with Crippen LogP contribution in [0, 0.1) is 5.41 Å². The van der Waals surface area contributed by atoms with E-state index >= 15 is 0 Å². The molecule has 29 heavy (non-hydrogen) atoms. The van der Waals surface area contributed by atoms with Crippen LogP contribution in [0.2, 0.25) is 5.02 Å². The van der Waals surface area contributed by atoms with Crippen LogP contribution in [0.25, 0.3) is 0 Å². The number of hydrogen-bond acceptors (Lipinski definition) is 8. The number of hydrogen-bond donors (Lipinski definition) is 1. The van der Waals surface area contributed by atoms with Crippen LogP contribution < -0.4 is 9.64 Å². The Balaban J connectivity index is 1.49. The first-order valence-corrected chi connectivity index (χ1v) is 10.9. The van der Waals surface area contributed by atoms with Crippen molar-refractivity contribution in [2.75, 3.05) is 31.7 Å². The van der Waals surface area contributed by atoms with Gasteiger partial charge in [-0.25, -0.2) is 15.0 Å². The minimum absolute atomic E-state index is 0.161. The van der Waals surface area contributed by atoms with Crippen LogP contribution in [0.4, 0.5) is 5.82 Å². The van der Waals surface area contributed by atoms with E-state index < -0.39 is 0 Å². The van der Waals surface area contributed by atoms with Gasteiger partial charge in [0.25, 0.3) is 0 Å². The fourth-order valence-corrected chi connectivity index (χ4v) is 5.25. The van der Waals surface area contributed by atoms with Crippen molar-refractivity contribution < 1.29 is 14.6 Å². The smallest absolute Gasteiger partial charge is 0.233 e. The number of pyridine rings is 1. The van der Waals surface area contributed by atoms with Crippen LogP contribution in [-0.4, -0.2) is 53.0 Å². The van der Waals surface area contributed by atoms with Crippen molar-refractivity contribution in [2.45, 2.75) is 48.8 Å². The first-order chi connectivity index (χ1) is 14.0. The number of ether oxygens (including phenoxy) is 2. The highest BCUT2D eigenvalue weighted by molar-refractivity contribution is 7.99. The van der Waals surface area contributed by atoms with Gasteiger partial charge >= 0.3 is 0 Å². The molecule has 2 fully saturated rings. The lowest BCUT2D eigenvalue weighted by atomic mass is 9.77. The Morgan fingerprint density at radius 3 is 2.83 bits per heavy atom. The maximum absolute atomic E-state index is 9.90. The van der Waals surface area contributed by atoms with Gasteiger partial charge in [-0.3, -0.25) is 0 Å². The molecule has 156 valence electrons. The minimum atomic E-state index is -0.161. The van der Waals surface area contributed by atoms with Gasteiger partial charge in [0.05, 0.1) is 32.6 Å². The average molecular weight is 437 g/mol. The SMILES string of the molecule is COc1nccc(Sc2cnc(N3CCC4(CC3)CO[C@@H](C)C4)c(CO)n2)c1Cl. The van der Waals surface area contributed by atoms with Crippen molar-refractivity contribution in [1.29, 1.82) is 0 Å². The molecule has 0 unspecified atom stereocenters. The lowest BCUT2D eigenvalue weighted by Crippen LogP contribution is -2.41. The third kappa shape index (κ3) is 4.30. The second-order valence-electron chi connectivity index (χ2n) is 7.68. The normalized spacial score (nSPS) is 21.0. The molecule has 1 N–H and O–H groups in total. The Hall–Kier alpha value is -1.61. The standard InChI is InChI=1S/C20H25ClN4O3S/c1-13-9-20(12-28-13)4-7-25(8-5-20)18-14(11-26)24-16(10-23-18)29-15-3-6-22-19(27-2)17(15)21/h3,6,10,13,26H,4-5,7-9,11-12H2,1-2H3/t13-/m0/s1. The van der Waals surface area contributed by atoms with Crippen LogP contribution in [-0.2, 0) is 11.3 Å². The molecule has 0 aromatic carbocycles. The Morgan fingerprint density at radius 2 is 2.17 bits per heavy atom. The molecule has 0 bridgehead atoms. The zero-order chi connectivity index (χ0) is 20.4. The monoisotopic (exact) mass is 436 g/mol. The predicted molar refractivity (Wildman–Crippen MR) is 112 cm³/mol. The van der Waals surface area contributed by atoms with Gasteiger partial charge < -0.3 is 19.5 Å². The summed E-state index contributed by atoms with van der Waals surface area (Å²) in [6, 6.07) is 1.80. The summed E-state index contributed by atoms with van der Waals surface area (Å²) in [4.78, 5) is 16.3. The molecular formula is C20H25ClN4O3S. The van der Waals surface area contributed by atoms with Gasteiger partial charge in [-0.15, -0.1) is 0 Å². The van der Waals surface area contributed by atoms with E-state index in [4.69, 9.17) is 21.1 Å². The molecule has 0 aliphatic carbocycles. The molecule has 1 atom stereocenters. The van der Waals surface area contributed by atoms with Crippen LogP contribution in [0.3, 0.4) is 0 Å². The summed E-state index contributed by atoms with van der Waals surface area (Å²) in [5.74, 6) is 1.13. The number of aliphatic hydroxyl groups excluding tert-OH is 1. The first-order valence-electron chi connectivity index (χ1n) is 9.73. The zero-order valence-electron chi connectivity index (χ0n) is 16.6.